The summed E-state index contributed by atoms with van der Waals surface area (Å²) in [5.41, 5.74) is 4.34. The van der Waals surface area contributed by atoms with E-state index < -0.39 is 0 Å². The molecular formula is C12H13NS. The van der Waals surface area contributed by atoms with Gasteiger partial charge in [-0.2, -0.15) is 0 Å². The van der Waals surface area contributed by atoms with Crippen LogP contribution >= 0.6 is 11.3 Å². The third-order valence-electron chi connectivity index (χ3n) is 2.99. The second kappa shape index (κ2) is 3.06. The largest absolute Gasteiger partial charge is 0.241 e. The predicted molar refractivity (Wildman–Crippen MR) is 61.0 cm³/mol. The molecule has 1 aliphatic rings. The van der Waals surface area contributed by atoms with Crippen molar-refractivity contribution in [2.45, 2.75) is 32.6 Å². The molecule has 0 radical (unpaired) electrons. The highest BCUT2D eigenvalue weighted by Gasteiger charge is 2.14. The third kappa shape index (κ3) is 1.17. The summed E-state index contributed by atoms with van der Waals surface area (Å²) in [5, 5.41) is 1.19. The summed E-state index contributed by atoms with van der Waals surface area (Å²) in [7, 11) is 0. The summed E-state index contributed by atoms with van der Waals surface area (Å²) in [5.74, 6) is 0. The first kappa shape index (κ1) is 8.42. The number of fused-ring (bicyclic) bond motifs is 3. The molecule has 1 heterocycles. The molecule has 0 saturated heterocycles. The smallest absolute Gasteiger partial charge is 0.0907 e. The van der Waals surface area contributed by atoms with E-state index in [0.717, 1.165) is 0 Å². The Morgan fingerprint density at radius 1 is 1.21 bits per heavy atom. The molecular weight excluding hydrogens is 190 g/mol. The van der Waals surface area contributed by atoms with Crippen LogP contribution in [0.1, 0.15) is 29.0 Å². The van der Waals surface area contributed by atoms with Crippen molar-refractivity contribution in [3.63, 3.8) is 0 Å². The molecule has 1 aromatic heterocycles. The molecule has 1 nitrogen and oxygen atoms in total. The maximum atomic E-state index is 4.64. The Labute approximate surface area is 87.8 Å². The minimum atomic E-state index is 1.19. The van der Waals surface area contributed by atoms with Gasteiger partial charge >= 0.3 is 0 Å². The molecule has 2 heteroatoms. The van der Waals surface area contributed by atoms with Crippen molar-refractivity contribution in [2.75, 3.05) is 0 Å². The molecule has 0 atom stereocenters. The Kier molecular flexibility index (Phi) is 1.84. The van der Waals surface area contributed by atoms with Crippen molar-refractivity contribution in [3.8, 4) is 0 Å². The van der Waals surface area contributed by atoms with Crippen LogP contribution in [0.2, 0.25) is 0 Å². The van der Waals surface area contributed by atoms with Gasteiger partial charge in [0.1, 0.15) is 0 Å². The zero-order chi connectivity index (χ0) is 9.54. The van der Waals surface area contributed by atoms with Crippen molar-refractivity contribution in [1.82, 2.24) is 4.98 Å². The van der Waals surface area contributed by atoms with Crippen molar-refractivity contribution in [1.29, 1.82) is 0 Å². The van der Waals surface area contributed by atoms with E-state index in [2.05, 4.69) is 24.0 Å². The summed E-state index contributed by atoms with van der Waals surface area (Å²) in [6, 6.07) is 4.54. The Bertz CT molecular complexity index is 484. The number of rotatable bonds is 0. The lowest BCUT2D eigenvalue weighted by Crippen LogP contribution is -2.02. The van der Waals surface area contributed by atoms with E-state index >= 15 is 0 Å². The van der Waals surface area contributed by atoms with Gasteiger partial charge in [0.2, 0.25) is 0 Å². The van der Waals surface area contributed by atoms with Gasteiger partial charge < -0.3 is 0 Å². The summed E-state index contributed by atoms with van der Waals surface area (Å²) in [4.78, 5) is 4.64. The molecule has 1 aromatic carbocycles. The zero-order valence-electron chi connectivity index (χ0n) is 8.34. The number of hydrogen-bond acceptors (Lipinski definition) is 2. The molecule has 0 spiro atoms. The number of aryl methyl sites for hydroxylation is 3. The van der Waals surface area contributed by atoms with Gasteiger partial charge in [0.05, 0.1) is 15.2 Å². The fourth-order valence-corrected chi connectivity index (χ4v) is 3.19. The van der Waals surface area contributed by atoms with Gasteiger partial charge in [-0.1, -0.05) is 6.07 Å². The molecule has 0 N–H and O–H groups in total. The fraction of sp³-hybridized carbons (Fsp3) is 0.417. The average Bonchev–Trinajstić information content (AvgIpc) is 2.59. The molecule has 0 amide bonds. The molecule has 14 heavy (non-hydrogen) atoms. The van der Waals surface area contributed by atoms with Crippen LogP contribution in [-0.2, 0) is 12.8 Å². The highest BCUT2D eigenvalue weighted by molar-refractivity contribution is 7.18. The molecule has 0 unspecified atom stereocenters. The van der Waals surface area contributed by atoms with Gasteiger partial charge in [0.15, 0.2) is 0 Å². The van der Waals surface area contributed by atoms with E-state index in [1.54, 1.807) is 0 Å². The first-order chi connectivity index (χ1) is 6.84. The van der Waals surface area contributed by atoms with Gasteiger partial charge in [-0.25, -0.2) is 4.98 Å². The normalized spacial score (nSPS) is 15.8. The van der Waals surface area contributed by atoms with Crippen molar-refractivity contribution in [3.05, 3.63) is 28.3 Å². The Morgan fingerprint density at radius 2 is 2.07 bits per heavy atom. The van der Waals surface area contributed by atoms with Crippen LogP contribution in [0, 0.1) is 6.92 Å². The average molecular weight is 203 g/mol. The van der Waals surface area contributed by atoms with Crippen LogP contribution in [0.5, 0.6) is 0 Å². The predicted octanol–water partition coefficient (Wildman–Crippen LogP) is 3.48. The Morgan fingerprint density at radius 3 is 3.00 bits per heavy atom. The summed E-state index contributed by atoms with van der Waals surface area (Å²) in [6.07, 6.45) is 5.17. The molecule has 2 aromatic rings. The van der Waals surface area contributed by atoms with E-state index in [9.17, 15) is 0 Å². The van der Waals surface area contributed by atoms with Gasteiger partial charge in [-0.3, -0.25) is 0 Å². The van der Waals surface area contributed by atoms with Gasteiger partial charge in [-0.05, 0) is 49.8 Å². The molecule has 0 saturated carbocycles. The molecule has 0 aliphatic heterocycles. The van der Waals surface area contributed by atoms with Crippen LogP contribution in [0.15, 0.2) is 12.1 Å². The maximum absolute atomic E-state index is 4.64. The number of nitrogens with zero attached hydrogens (tertiary/aromatic N) is 1. The Balaban J connectivity index is 2.33. The lowest BCUT2D eigenvalue weighted by Gasteiger charge is -2.15. The number of thiazole rings is 1. The van der Waals surface area contributed by atoms with Crippen molar-refractivity contribution in [2.24, 2.45) is 0 Å². The molecule has 3 rings (SSSR count). The van der Waals surface area contributed by atoms with Crippen LogP contribution in [-0.4, -0.2) is 4.98 Å². The maximum Gasteiger partial charge on any atom is 0.0907 e. The van der Waals surface area contributed by atoms with Crippen LogP contribution in [0.4, 0.5) is 0 Å². The highest BCUT2D eigenvalue weighted by Crippen LogP contribution is 2.31. The monoisotopic (exact) mass is 203 g/mol. The fourth-order valence-electron chi connectivity index (χ4n) is 2.33. The lowest BCUT2D eigenvalue weighted by molar-refractivity contribution is 0.689. The van der Waals surface area contributed by atoms with E-state index in [0.29, 0.717) is 0 Å². The summed E-state index contributed by atoms with van der Waals surface area (Å²) in [6.45, 7) is 2.10. The van der Waals surface area contributed by atoms with E-state index in [4.69, 9.17) is 0 Å². The van der Waals surface area contributed by atoms with E-state index in [1.807, 2.05) is 11.3 Å². The lowest BCUT2D eigenvalue weighted by atomic mass is 9.91. The molecule has 0 bridgehead atoms. The molecule has 72 valence electrons. The topological polar surface area (TPSA) is 12.9 Å². The third-order valence-corrected chi connectivity index (χ3v) is 3.93. The second-order valence-corrected chi connectivity index (χ2v) is 5.22. The van der Waals surface area contributed by atoms with Crippen LogP contribution in [0.3, 0.4) is 0 Å². The van der Waals surface area contributed by atoms with Crippen molar-refractivity contribution < 1.29 is 0 Å². The van der Waals surface area contributed by atoms with Crippen LogP contribution in [0.25, 0.3) is 10.2 Å². The zero-order valence-corrected chi connectivity index (χ0v) is 9.16. The van der Waals surface area contributed by atoms with E-state index in [1.165, 1.54) is 52.0 Å². The van der Waals surface area contributed by atoms with Gasteiger partial charge in [0.25, 0.3) is 0 Å². The number of benzene rings is 1. The first-order valence-corrected chi connectivity index (χ1v) is 6.04. The molecule has 1 aliphatic carbocycles. The SMILES string of the molecule is Cc1nc2c3c(ccc2s1)CCCC3. The first-order valence-electron chi connectivity index (χ1n) is 5.22. The van der Waals surface area contributed by atoms with Gasteiger partial charge in [-0.15, -0.1) is 11.3 Å². The van der Waals surface area contributed by atoms with Gasteiger partial charge in [0, 0.05) is 0 Å². The Hall–Kier alpha value is -0.890. The summed E-state index contributed by atoms with van der Waals surface area (Å²) >= 11 is 1.81. The van der Waals surface area contributed by atoms with E-state index in [-0.39, 0.29) is 0 Å². The highest BCUT2D eigenvalue weighted by atomic mass is 32.1. The minimum Gasteiger partial charge on any atom is -0.241 e. The number of aromatic nitrogens is 1. The second-order valence-electron chi connectivity index (χ2n) is 3.99. The standard InChI is InChI=1S/C12H13NS/c1-8-13-12-10-5-3-2-4-9(10)6-7-11(12)14-8/h6-7H,2-5H2,1H3. The van der Waals surface area contributed by atoms with Crippen LogP contribution < -0.4 is 0 Å². The van der Waals surface area contributed by atoms with Crippen molar-refractivity contribution >= 4 is 21.6 Å². The summed E-state index contributed by atoms with van der Waals surface area (Å²) < 4.78 is 1.36. The quantitative estimate of drug-likeness (QED) is 0.638. The molecule has 0 fully saturated rings. The minimum absolute atomic E-state index is 1.19. The number of hydrogen-bond donors (Lipinski definition) is 0.